The van der Waals surface area contributed by atoms with Crippen molar-refractivity contribution in [2.45, 2.75) is 25.8 Å². The molecule has 2 aromatic rings. The molecular formula is C16H23N3O. The zero-order valence-electron chi connectivity index (χ0n) is 12.3. The maximum Gasteiger partial charge on any atom is 0.0718 e. The molecule has 2 atom stereocenters. The Hall–Kier alpha value is -1.39. The van der Waals surface area contributed by atoms with Crippen molar-refractivity contribution in [2.75, 3.05) is 19.8 Å². The first-order chi connectivity index (χ1) is 9.79. The number of fused-ring (bicyclic) bond motifs is 1. The van der Waals surface area contributed by atoms with Crippen LogP contribution in [-0.4, -0.2) is 35.6 Å². The van der Waals surface area contributed by atoms with E-state index in [-0.39, 0.29) is 0 Å². The summed E-state index contributed by atoms with van der Waals surface area (Å²) in [5, 5.41) is 9.61. The van der Waals surface area contributed by atoms with Gasteiger partial charge in [-0.15, -0.1) is 0 Å². The summed E-state index contributed by atoms with van der Waals surface area (Å²) in [6.45, 7) is 4.93. The van der Waals surface area contributed by atoms with Crippen LogP contribution in [0.15, 0.2) is 24.3 Å². The van der Waals surface area contributed by atoms with Gasteiger partial charge in [0.15, 0.2) is 0 Å². The van der Waals surface area contributed by atoms with Crippen molar-refractivity contribution in [1.29, 1.82) is 0 Å². The number of hydrogen-bond acceptors (Lipinski definition) is 3. The molecule has 1 aliphatic rings. The second-order valence-corrected chi connectivity index (χ2v) is 5.58. The third kappa shape index (κ3) is 2.58. The summed E-state index contributed by atoms with van der Waals surface area (Å²) in [5.41, 5.74) is 2.40. The Labute approximate surface area is 120 Å². The number of aryl methyl sites for hydroxylation is 1. The van der Waals surface area contributed by atoms with Crippen LogP contribution < -0.4 is 5.32 Å². The third-order valence-electron chi connectivity index (χ3n) is 4.25. The summed E-state index contributed by atoms with van der Waals surface area (Å²) in [5.74, 6) is 0.607. The first-order valence-electron chi connectivity index (χ1n) is 7.51. The zero-order valence-corrected chi connectivity index (χ0v) is 12.3. The summed E-state index contributed by atoms with van der Waals surface area (Å²) in [6.07, 6.45) is 2.13. The first kappa shape index (κ1) is 13.6. The minimum absolute atomic E-state index is 0.459. The SMILES string of the molecule is CCNC(Cc1nn(C)c2ccccc12)C1CCOC1. The number of hydrogen-bond donors (Lipinski definition) is 1. The monoisotopic (exact) mass is 273 g/mol. The molecule has 108 valence electrons. The van der Waals surface area contributed by atoms with Crippen molar-refractivity contribution >= 4 is 10.9 Å². The minimum atomic E-state index is 0.459. The molecule has 0 amide bonds. The first-order valence-corrected chi connectivity index (χ1v) is 7.51. The lowest BCUT2D eigenvalue weighted by Crippen LogP contribution is -2.38. The van der Waals surface area contributed by atoms with Crippen LogP contribution in [0, 0.1) is 5.92 Å². The van der Waals surface area contributed by atoms with E-state index in [1.807, 2.05) is 11.7 Å². The fourth-order valence-corrected chi connectivity index (χ4v) is 3.19. The van der Waals surface area contributed by atoms with Crippen LogP contribution in [0.5, 0.6) is 0 Å². The second-order valence-electron chi connectivity index (χ2n) is 5.58. The average molecular weight is 273 g/mol. The van der Waals surface area contributed by atoms with Gasteiger partial charge in [-0.25, -0.2) is 0 Å². The highest BCUT2D eigenvalue weighted by molar-refractivity contribution is 5.81. The third-order valence-corrected chi connectivity index (χ3v) is 4.25. The van der Waals surface area contributed by atoms with E-state index in [9.17, 15) is 0 Å². The van der Waals surface area contributed by atoms with Gasteiger partial charge in [0.1, 0.15) is 0 Å². The molecule has 0 radical (unpaired) electrons. The van der Waals surface area contributed by atoms with Crippen LogP contribution in [0.3, 0.4) is 0 Å². The molecule has 1 N–H and O–H groups in total. The normalized spacial score (nSPS) is 20.6. The van der Waals surface area contributed by atoms with E-state index in [1.54, 1.807) is 0 Å². The minimum Gasteiger partial charge on any atom is -0.381 e. The maximum absolute atomic E-state index is 5.55. The number of rotatable bonds is 5. The molecule has 0 saturated carbocycles. The van der Waals surface area contributed by atoms with Crippen molar-refractivity contribution in [3.8, 4) is 0 Å². The molecule has 1 aliphatic heterocycles. The van der Waals surface area contributed by atoms with E-state index in [0.717, 1.165) is 32.6 Å². The number of nitrogens with zero attached hydrogens (tertiary/aromatic N) is 2. The molecule has 1 fully saturated rings. The predicted octanol–water partition coefficient (Wildman–Crippen LogP) is 2.13. The van der Waals surface area contributed by atoms with E-state index in [0.29, 0.717) is 12.0 Å². The number of ether oxygens (including phenoxy) is 1. The van der Waals surface area contributed by atoms with Crippen LogP contribution in [0.4, 0.5) is 0 Å². The Kier molecular flexibility index (Phi) is 4.03. The molecule has 2 heterocycles. The maximum atomic E-state index is 5.55. The topological polar surface area (TPSA) is 39.1 Å². The van der Waals surface area contributed by atoms with Gasteiger partial charge in [0, 0.05) is 37.4 Å². The molecule has 0 aliphatic carbocycles. The fraction of sp³-hybridized carbons (Fsp3) is 0.562. The van der Waals surface area contributed by atoms with E-state index in [1.165, 1.54) is 16.6 Å². The molecule has 20 heavy (non-hydrogen) atoms. The van der Waals surface area contributed by atoms with Gasteiger partial charge >= 0.3 is 0 Å². The summed E-state index contributed by atoms with van der Waals surface area (Å²) < 4.78 is 7.53. The highest BCUT2D eigenvalue weighted by Crippen LogP contribution is 2.23. The highest BCUT2D eigenvalue weighted by Gasteiger charge is 2.26. The number of nitrogens with one attached hydrogen (secondary N) is 1. The van der Waals surface area contributed by atoms with Gasteiger partial charge in [-0.05, 0) is 19.0 Å². The predicted molar refractivity (Wildman–Crippen MR) is 80.8 cm³/mol. The van der Waals surface area contributed by atoms with Crippen LogP contribution in [0.25, 0.3) is 10.9 Å². The summed E-state index contributed by atoms with van der Waals surface area (Å²) in [6, 6.07) is 8.92. The van der Waals surface area contributed by atoms with Gasteiger partial charge in [-0.3, -0.25) is 4.68 Å². The lowest BCUT2D eigenvalue weighted by Gasteiger charge is -2.22. The Morgan fingerprint density at radius 2 is 2.30 bits per heavy atom. The largest absolute Gasteiger partial charge is 0.381 e. The summed E-state index contributed by atoms with van der Waals surface area (Å²) >= 11 is 0. The number of likely N-dealkylation sites (N-methyl/N-ethyl adjacent to an activating group) is 1. The summed E-state index contributed by atoms with van der Waals surface area (Å²) in [4.78, 5) is 0. The average Bonchev–Trinajstić information content (AvgIpc) is 3.08. The molecular weight excluding hydrogens is 250 g/mol. The van der Waals surface area contributed by atoms with Gasteiger partial charge in [0.25, 0.3) is 0 Å². The standard InChI is InChI=1S/C16H23N3O/c1-3-17-14(12-8-9-20-11-12)10-15-13-6-4-5-7-16(13)19(2)18-15/h4-7,12,14,17H,3,8-11H2,1-2H3. The van der Waals surface area contributed by atoms with Crippen LogP contribution in [-0.2, 0) is 18.2 Å². The molecule has 1 aromatic heterocycles. The van der Waals surface area contributed by atoms with Gasteiger partial charge < -0.3 is 10.1 Å². The lowest BCUT2D eigenvalue weighted by atomic mass is 9.94. The number of aromatic nitrogens is 2. The van der Waals surface area contributed by atoms with Crippen LogP contribution >= 0.6 is 0 Å². The molecule has 1 saturated heterocycles. The Morgan fingerprint density at radius 1 is 1.45 bits per heavy atom. The quantitative estimate of drug-likeness (QED) is 0.907. The Bertz CT molecular complexity index is 572. The summed E-state index contributed by atoms with van der Waals surface area (Å²) in [7, 11) is 2.02. The Balaban J connectivity index is 1.86. The molecule has 4 heteroatoms. The van der Waals surface area contributed by atoms with Crippen molar-refractivity contribution in [3.63, 3.8) is 0 Å². The van der Waals surface area contributed by atoms with Gasteiger partial charge in [-0.1, -0.05) is 25.1 Å². The molecule has 1 aromatic carbocycles. The molecule has 0 spiro atoms. The van der Waals surface area contributed by atoms with Crippen LogP contribution in [0.2, 0.25) is 0 Å². The number of benzene rings is 1. The fourth-order valence-electron chi connectivity index (χ4n) is 3.19. The van der Waals surface area contributed by atoms with E-state index >= 15 is 0 Å². The van der Waals surface area contributed by atoms with Gasteiger partial charge in [0.05, 0.1) is 17.8 Å². The molecule has 3 rings (SSSR count). The van der Waals surface area contributed by atoms with Crippen molar-refractivity contribution < 1.29 is 4.74 Å². The van der Waals surface area contributed by atoms with Crippen molar-refractivity contribution in [1.82, 2.24) is 15.1 Å². The van der Waals surface area contributed by atoms with E-state index in [4.69, 9.17) is 9.84 Å². The highest BCUT2D eigenvalue weighted by atomic mass is 16.5. The molecule has 2 unspecified atom stereocenters. The molecule has 0 bridgehead atoms. The smallest absolute Gasteiger partial charge is 0.0718 e. The lowest BCUT2D eigenvalue weighted by molar-refractivity contribution is 0.176. The van der Waals surface area contributed by atoms with Gasteiger partial charge in [-0.2, -0.15) is 5.10 Å². The van der Waals surface area contributed by atoms with Crippen molar-refractivity contribution in [3.05, 3.63) is 30.0 Å². The number of para-hydroxylation sites is 1. The van der Waals surface area contributed by atoms with E-state index < -0.39 is 0 Å². The van der Waals surface area contributed by atoms with Crippen LogP contribution in [0.1, 0.15) is 19.0 Å². The van der Waals surface area contributed by atoms with Gasteiger partial charge in [0.2, 0.25) is 0 Å². The Morgan fingerprint density at radius 3 is 3.05 bits per heavy atom. The molecule has 4 nitrogen and oxygen atoms in total. The van der Waals surface area contributed by atoms with Crippen molar-refractivity contribution in [2.24, 2.45) is 13.0 Å². The zero-order chi connectivity index (χ0) is 13.9. The second kappa shape index (κ2) is 5.94. The van der Waals surface area contributed by atoms with E-state index in [2.05, 4.69) is 36.5 Å².